The van der Waals surface area contributed by atoms with Crippen LogP contribution in [0.4, 0.5) is 13.2 Å². The van der Waals surface area contributed by atoms with Gasteiger partial charge in [-0.2, -0.15) is 18.4 Å². The van der Waals surface area contributed by atoms with E-state index in [0.29, 0.717) is 17.7 Å². The van der Waals surface area contributed by atoms with E-state index in [1.807, 2.05) is 12.1 Å². The SMILES string of the molecule is N#Cc1ccc(C2CCC(N3CC(NC(=O)CNC(=O)c4cccc(C(F)(F)F)c4)C3)CC2)cn1. The van der Waals surface area contributed by atoms with Crippen LogP contribution in [0.2, 0.25) is 0 Å². The second kappa shape index (κ2) is 10.4. The van der Waals surface area contributed by atoms with Gasteiger partial charge in [-0.25, -0.2) is 4.98 Å². The molecular formula is C25H26F3N5O2. The first-order valence-corrected chi connectivity index (χ1v) is 11.6. The molecule has 1 aliphatic heterocycles. The van der Waals surface area contributed by atoms with Gasteiger partial charge in [0.05, 0.1) is 18.2 Å². The number of alkyl halides is 3. The molecule has 2 heterocycles. The van der Waals surface area contributed by atoms with Crippen molar-refractivity contribution in [2.24, 2.45) is 0 Å². The molecule has 0 unspecified atom stereocenters. The molecule has 0 spiro atoms. The van der Waals surface area contributed by atoms with Gasteiger partial charge >= 0.3 is 6.18 Å². The maximum absolute atomic E-state index is 12.8. The molecule has 7 nitrogen and oxygen atoms in total. The summed E-state index contributed by atoms with van der Waals surface area (Å²) in [7, 11) is 0. The van der Waals surface area contributed by atoms with Gasteiger partial charge in [0.1, 0.15) is 11.8 Å². The molecule has 0 radical (unpaired) electrons. The van der Waals surface area contributed by atoms with E-state index in [1.54, 1.807) is 12.3 Å². The van der Waals surface area contributed by atoms with Gasteiger partial charge < -0.3 is 10.6 Å². The molecule has 0 atom stereocenters. The Morgan fingerprint density at radius 1 is 1.11 bits per heavy atom. The predicted octanol–water partition coefficient (Wildman–Crippen LogP) is 3.23. The van der Waals surface area contributed by atoms with Crippen LogP contribution in [0.5, 0.6) is 0 Å². The number of aromatic nitrogens is 1. The van der Waals surface area contributed by atoms with Crippen molar-refractivity contribution in [2.45, 2.75) is 49.9 Å². The molecule has 2 aliphatic rings. The van der Waals surface area contributed by atoms with E-state index in [2.05, 4.69) is 20.5 Å². The van der Waals surface area contributed by atoms with Crippen LogP contribution in [-0.4, -0.2) is 53.4 Å². The van der Waals surface area contributed by atoms with Crippen LogP contribution < -0.4 is 10.6 Å². The number of amides is 2. The number of carbonyl (C=O) groups excluding carboxylic acids is 2. The van der Waals surface area contributed by atoms with E-state index in [9.17, 15) is 22.8 Å². The molecule has 2 amide bonds. The molecule has 2 N–H and O–H groups in total. The van der Waals surface area contributed by atoms with Crippen LogP contribution in [-0.2, 0) is 11.0 Å². The Balaban J connectivity index is 1.16. The lowest BCUT2D eigenvalue weighted by Crippen LogP contribution is -2.63. The Morgan fingerprint density at radius 3 is 2.49 bits per heavy atom. The third-order valence-corrected chi connectivity index (χ3v) is 6.72. The van der Waals surface area contributed by atoms with Crippen LogP contribution in [0.25, 0.3) is 0 Å². The zero-order valence-electron chi connectivity index (χ0n) is 19.0. The number of nitriles is 1. The average Bonchev–Trinajstić information content (AvgIpc) is 2.84. The van der Waals surface area contributed by atoms with Crippen LogP contribution in [0.15, 0.2) is 42.6 Å². The summed E-state index contributed by atoms with van der Waals surface area (Å²) in [5.41, 5.74) is 0.538. The standard InChI is InChI=1S/C25H26F3N5O2/c26-25(27,28)19-3-1-2-17(10-19)24(35)31-13-23(34)32-21-14-33(15-21)22-8-5-16(6-9-22)18-4-7-20(11-29)30-12-18/h1-4,7,10,12,16,21-22H,5-6,8-9,13-15H2,(H,31,35)(H,32,34). The van der Waals surface area contributed by atoms with E-state index >= 15 is 0 Å². The Morgan fingerprint density at radius 2 is 1.86 bits per heavy atom. The van der Waals surface area contributed by atoms with Crippen molar-refractivity contribution < 1.29 is 22.8 Å². The van der Waals surface area contributed by atoms with Crippen LogP contribution in [0, 0.1) is 11.3 Å². The number of carbonyl (C=O) groups is 2. The summed E-state index contributed by atoms with van der Waals surface area (Å²) in [6, 6.07) is 10.3. The summed E-state index contributed by atoms with van der Waals surface area (Å²) in [4.78, 5) is 30.8. The molecule has 35 heavy (non-hydrogen) atoms. The van der Waals surface area contributed by atoms with E-state index in [1.165, 1.54) is 11.6 Å². The van der Waals surface area contributed by atoms with Gasteiger partial charge in [0.2, 0.25) is 5.91 Å². The molecule has 1 aliphatic carbocycles. The Labute approximate surface area is 201 Å². The first-order valence-electron chi connectivity index (χ1n) is 11.6. The predicted molar refractivity (Wildman–Crippen MR) is 121 cm³/mol. The number of nitrogens with one attached hydrogen (secondary N) is 2. The highest BCUT2D eigenvalue weighted by atomic mass is 19.4. The Hall–Kier alpha value is -3.45. The Kier molecular flexibility index (Phi) is 7.36. The number of benzene rings is 1. The zero-order valence-corrected chi connectivity index (χ0v) is 19.0. The van der Waals surface area contributed by atoms with Crippen LogP contribution >= 0.6 is 0 Å². The summed E-state index contributed by atoms with van der Waals surface area (Å²) >= 11 is 0. The number of pyridine rings is 1. The lowest BCUT2D eigenvalue weighted by atomic mass is 9.81. The number of halogens is 3. The number of hydrogen-bond donors (Lipinski definition) is 2. The summed E-state index contributed by atoms with van der Waals surface area (Å²) in [5, 5.41) is 14.1. The van der Waals surface area contributed by atoms with Crippen LogP contribution in [0.1, 0.15) is 58.8 Å². The zero-order chi connectivity index (χ0) is 25.0. The third-order valence-electron chi connectivity index (χ3n) is 6.72. The third kappa shape index (κ3) is 6.17. The van der Waals surface area contributed by atoms with Crippen LogP contribution in [0.3, 0.4) is 0 Å². The number of rotatable bonds is 6. The van der Waals surface area contributed by atoms with Gasteiger partial charge in [0.15, 0.2) is 0 Å². The molecule has 2 fully saturated rings. The number of likely N-dealkylation sites (tertiary alicyclic amines) is 1. The molecule has 1 saturated heterocycles. The largest absolute Gasteiger partial charge is 0.416 e. The molecule has 10 heteroatoms. The van der Waals surface area contributed by atoms with E-state index in [4.69, 9.17) is 5.26 Å². The Bertz CT molecular complexity index is 1100. The molecule has 0 bridgehead atoms. The number of hydrogen-bond acceptors (Lipinski definition) is 5. The van der Waals surface area contributed by atoms with Crippen molar-refractivity contribution in [3.8, 4) is 6.07 Å². The minimum Gasteiger partial charge on any atom is -0.349 e. The minimum absolute atomic E-state index is 0.00610. The fourth-order valence-electron chi connectivity index (χ4n) is 4.77. The fourth-order valence-corrected chi connectivity index (χ4v) is 4.77. The van der Waals surface area contributed by atoms with Crippen molar-refractivity contribution >= 4 is 11.8 Å². The molecule has 1 aromatic heterocycles. The lowest BCUT2D eigenvalue weighted by molar-refractivity contribution is -0.137. The molecule has 2 aromatic rings. The summed E-state index contributed by atoms with van der Waals surface area (Å²) in [5.74, 6) is -0.647. The van der Waals surface area contributed by atoms with Gasteiger partial charge in [-0.05, 0) is 61.4 Å². The normalized spacial score (nSPS) is 21.0. The van der Waals surface area contributed by atoms with Gasteiger partial charge in [-0.3, -0.25) is 14.5 Å². The summed E-state index contributed by atoms with van der Waals surface area (Å²) in [6.07, 6.45) is 1.46. The van der Waals surface area contributed by atoms with Crippen molar-refractivity contribution in [2.75, 3.05) is 19.6 Å². The van der Waals surface area contributed by atoms with Crippen molar-refractivity contribution in [1.82, 2.24) is 20.5 Å². The lowest BCUT2D eigenvalue weighted by Gasteiger charge is -2.46. The van der Waals surface area contributed by atoms with E-state index in [-0.39, 0.29) is 24.1 Å². The van der Waals surface area contributed by atoms with E-state index in [0.717, 1.165) is 57.0 Å². The van der Waals surface area contributed by atoms with E-state index < -0.39 is 17.6 Å². The fraction of sp³-hybridized carbons (Fsp3) is 0.440. The minimum atomic E-state index is -4.54. The van der Waals surface area contributed by atoms with Gasteiger partial charge in [0, 0.05) is 30.9 Å². The first kappa shape index (κ1) is 24.7. The summed E-state index contributed by atoms with van der Waals surface area (Å²) in [6.45, 7) is 1.18. The molecule has 1 saturated carbocycles. The molecular weight excluding hydrogens is 459 g/mol. The average molecular weight is 486 g/mol. The van der Waals surface area contributed by atoms with Gasteiger partial charge in [0.25, 0.3) is 5.91 Å². The number of nitrogens with zero attached hydrogens (tertiary/aromatic N) is 3. The second-order valence-electron chi connectivity index (χ2n) is 9.07. The maximum Gasteiger partial charge on any atom is 0.416 e. The molecule has 184 valence electrons. The molecule has 4 rings (SSSR count). The molecule has 1 aromatic carbocycles. The van der Waals surface area contributed by atoms with Crippen molar-refractivity contribution in [1.29, 1.82) is 5.26 Å². The second-order valence-corrected chi connectivity index (χ2v) is 9.07. The monoisotopic (exact) mass is 485 g/mol. The topological polar surface area (TPSA) is 98.1 Å². The quantitative estimate of drug-likeness (QED) is 0.655. The highest BCUT2D eigenvalue weighted by molar-refractivity contribution is 5.96. The summed E-state index contributed by atoms with van der Waals surface area (Å²) < 4.78 is 38.4. The smallest absolute Gasteiger partial charge is 0.349 e. The highest BCUT2D eigenvalue weighted by Gasteiger charge is 2.35. The van der Waals surface area contributed by atoms with Crippen molar-refractivity contribution in [3.05, 3.63) is 65.0 Å². The van der Waals surface area contributed by atoms with Gasteiger partial charge in [-0.1, -0.05) is 12.1 Å². The maximum atomic E-state index is 12.8. The first-order chi connectivity index (χ1) is 16.7. The van der Waals surface area contributed by atoms with Gasteiger partial charge in [-0.15, -0.1) is 0 Å². The highest BCUT2D eigenvalue weighted by Crippen LogP contribution is 2.36. The van der Waals surface area contributed by atoms with Crippen molar-refractivity contribution in [3.63, 3.8) is 0 Å².